The van der Waals surface area contributed by atoms with E-state index in [1.165, 1.54) is 0 Å². The molecular formula is C18H17BrN2O3. The minimum absolute atomic E-state index is 0.111. The summed E-state index contributed by atoms with van der Waals surface area (Å²) in [7, 11) is 3.33. The second-order valence-electron chi connectivity index (χ2n) is 5.60. The predicted molar refractivity (Wildman–Crippen MR) is 96.8 cm³/mol. The molecule has 0 bridgehead atoms. The van der Waals surface area contributed by atoms with Crippen LogP contribution < -0.4 is 15.0 Å². The number of anilines is 2. The number of nitrogens with zero attached hydrogens (tertiary/aromatic N) is 1. The zero-order valence-corrected chi connectivity index (χ0v) is 15.0. The topological polar surface area (TPSA) is 58.6 Å². The Bertz CT molecular complexity index is 820. The molecule has 0 radical (unpaired) electrons. The Balaban J connectivity index is 1.84. The van der Waals surface area contributed by atoms with Gasteiger partial charge < -0.3 is 15.0 Å². The summed E-state index contributed by atoms with van der Waals surface area (Å²) >= 11 is 3.39. The highest BCUT2D eigenvalue weighted by atomic mass is 79.9. The number of amides is 2. The number of fused-ring (bicyclic) bond motifs is 1. The van der Waals surface area contributed by atoms with Crippen molar-refractivity contribution >= 4 is 39.1 Å². The molecule has 3 rings (SSSR count). The lowest BCUT2D eigenvalue weighted by Gasteiger charge is -2.26. The van der Waals surface area contributed by atoms with Crippen LogP contribution in [0.3, 0.4) is 0 Å². The molecule has 1 aliphatic heterocycles. The van der Waals surface area contributed by atoms with Gasteiger partial charge in [0, 0.05) is 29.3 Å². The average molecular weight is 389 g/mol. The minimum Gasteiger partial charge on any atom is -0.497 e. The molecule has 124 valence electrons. The Labute approximate surface area is 148 Å². The maximum atomic E-state index is 12.5. The molecule has 0 atom stereocenters. The maximum absolute atomic E-state index is 12.5. The van der Waals surface area contributed by atoms with E-state index < -0.39 is 0 Å². The van der Waals surface area contributed by atoms with Crippen molar-refractivity contribution in [3.05, 3.63) is 52.0 Å². The van der Waals surface area contributed by atoms with Gasteiger partial charge in [-0.05, 0) is 64.3 Å². The van der Waals surface area contributed by atoms with E-state index in [0.717, 1.165) is 11.3 Å². The number of ether oxygens (including phenoxy) is 1. The van der Waals surface area contributed by atoms with Gasteiger partial charge in [0.25, 0.3) is 5.91 Å². The van der Waals surface area contributed by atoms with Crippen LogP contribution in [-0.2, 0) is 11.2 Å². The fourth-order valence-electron chi connectivity index (χ4n) is 2.74. The van der Waals surface area contributed by atoms with Crippen molar-refractivity contribution in [3.63, 3.8) is 0 Å². The highest BCUT2D eigenvalue weighted by molar-refractivity contribution is 9.10. The van der Waals surface area contributed by atoms with Crippen molar-refractivity contribution < 1.29 is 14.3 Å². The largest absolute Gasteiger partial charge is 0.497 e. The number of halogens is 1. The summed E-state index contributed by atoms with van der Waals surface area (Å²) in [6.07, 6.45) is 1.17. The molecule has 24 heavy (non-hydrogen) atoms. The number of aryl methyl sites for hydroxylation is 1. The molecule has 2 aromatic carbocycles. The molecule has 0 fully saturated rings. The summed E-state index contributed by atoms with van der Waals surface area (Å²) < 4.78 is 5.87. The smallest absolute Gasteiger partial charge is 0.256 e. The average Bonchev–Trinajstić information content (AvgIpc) is 2.58. The van der Waals surface area contributed by atoms with E-state index in [1.807, 2.05) is 12.1 Å². The van der Waals surface area contributed by atoms with Crippen molar-refractivity contribution in [2.24, 2.45) is 0 Å². The summed E-state index contributed by atoms with van der Waals surface area (Å²) in [5, 5.41) is 2.90. The maximum Gasteiger partial charge on any atom is 0.256 e. The van der Waals surface area contributed by atoms with Gasteiger partial charge in [-0.25, -0.2) is 0 Å². The molecular weight excluding hydrogens is 372 g/mol. The molecule has 0 saturated heterocycles. The molecule has 0 aliphatic carbocycles. The van der Waals surface area contributed by atoms with Crippen LogP contribution in [0.15, 0.2) is 40.9 Å². The van der Waals surface area contributed by atoms with Gasteiger partial charge in [0.15, 0.2) is 0 Å². The van der Waals surface area contributed by atoms with Gasteiger partial charge >= 0.3 is 0 Å². The molecule has 1 heterocycles. The zero-order chi connectivity index (χ0) is 17.3. The first-order valence-corrected chi connectivity index (χ1v) is 8.33. The van der Waals surface area contributed by atoms with Crippen LogP contribution >= 0.6 is 15.9 Å². The highest BCUT2D eigenvalue weighted by Gasteiger charge is 2.21. The van der Waals surface area contributed by atoms with Gasteiger partial charge in [0.2, 0.25) is 5.91 Å². The van der Waals surface area contributed by atoms with Crippen LogP contribution in [0.4, 0.5) is 11.4 Å². The third-order valence-corrected chi connectivity index (χ3v) is 4.79. The van der Waals surface area contributed by atoms with Gasteiger partial charge in [0.1, 0.15) is 5.75 Å². The van der Waals surface area contributed by atoms with Gasteiger partial charge in [-0.15, -0.1) is 0 Å². The van der Waals surface area contributed by atoms with Crippen molar-refractivity contribution in [3.8, 4) is 5.75 Å². The number of hydrogen-bond acceptors (Lipinski definition) is 3. The summed E-state index contributed by atoms with van der Waals surface area (Å²) in [5.41, 5.74) is 3.15. The van der Waals surface area contributed by atoms with Crippen molar-refractivity contribution in [2.45, 2.75) is 12.8 Å². The van der Waals surface area contributed by atoms with Gasteiger partial charge in [-0.1, -0.05) is 0 Å². The summed E-state index contributed by atoms with van der Waals surface area (Å²) in [4.78, 5) is 25.9. The van der Waals surface area contributed by atoms with E-state index in [0.29, 0.717) is 34.3 Å². The summed E-state index contributed by atoms with van der Waals surface area (Å²) in [6.45, 7) is 0. The Morgan fingerprint density at radius 2 is 2.00 bits per heavy atom. The first-order chi connectivity index (χ1) is 11.5. The number of benzene rings is 2. The predicted octanol–water partition coefficient (Wildman–Crippen LogP) is 3.62. The third kappa shape index (κ3) is 3.14. The van der Waals surface area contributed by atoms with Crippen LogP contribution in [0.5, 0.6) is 5.75 Å². The highest BCUT2D eigenvalue weighted by Crippen LogP contribution is 2.30. The number of hydrogen-bond donors (Lipinski definition) is 1. The Hall–Kier alpha value is -2.34. The van der Waals surface area contributed by atoms with Crippen LogP contribution in [0.2, 0.25) is 0 Å². The number of methoxy groups -OCH3 is 1. The fraction of sp³-hybridized carbons (Fsp3) is 0.222. The lowest BCUT2D eigenvalue weighted by Crippen LogP contribution is -2.31. The van der Waals surface area contributed by atoms with E-state index >= 15 is 0 Å². The molecule has 5 nitrogen and oxygen atoms in total. The Morgan fingerprint density at radius 3 is 2.75 bits per heavy atom. The van der Waals surface area contributed by atoms with Crippen LogP contribution in [0, 0.1) is 0 Å². The lowest BCUT2D eigenvalue weighted by molar-refractivity contribution is -0.118. The second kappa shape index (κ2) is 6.65. The van der Waals surface area contributed by atoms with Crippen LogP contribution in [-0.4, -0.2) is 26.0 Å². The van der Waals surface area contributed by atoms with Crippen LogP contribution in [0.1, 0.15) is 22.3 Å². The van der Waals surface area contributed by atoms with Crippen molar-refractivity contribution in [1.29, 1.82) is 0 Å². The fourth-order valence-corrected chi connectivity index (χ4v) is 3.16. The molecule has 2 aromatic rings. The van der Waals surface area contributed by atoms with Crippen LogP contribution in [0.25, 0.3) is 0 Å². The van der Waals surface area contributed by atoms with E-state index in [4.69, 9.17) is 4.74 Å². The minimum atomic E-state index is -0.221. The van der Waals surface area contributed by atoms with E-state index in [1.54, 1.807) is 43.3 Å². The normalized spacial score (nSPS) is 13.5. The van der Waals surface area contributed by atoms with Gasteiger partial charge in [-0.2, -0.15) is 0 Å². The van der Waals surface area contributed by atoms with E-state index in [9.17, 15) is 9.59 Å². The zero-order valence-electron chi connectivity index (χ0n) is 13.4. The first-order valence-electron chi connectivity index (χ1n) is 7.54. The molecule has 1 aliphatic rings. The molecule has 6 heteroatoms. The third-order valence-electron chi connectivity index (χ3n) is 4.10. The monoisotopic (exact) mass is 388 g/mol. The SMILES string of the molecule is COc1ccc(Br)c(C(=O)Nc2ccc3c(c2)CCC(=O)N3C)c1. The Morgan fingerprint density at radius 1 is 1.21 bits per heavy atom. The molecule has 0 spiro atoms. The molecule has 0 unspecified atom stereocenters. The van der Waals surface area contributed by atoms with Gasteiger partial charge in [-0.3, -0.25) is 9.59 Å². The second-order valence-corrected chi connectivity index (χ2v) is 6.45. The number of carbonyl (C=O) groups excluding carboxylic acids is 2. The van der Waals surface area contributed by atoms with Crippen molar-refractivity contribution in [2.75, 3.05) is 24.4 Å². The van der Waals surface area contributed by atoms with Gasteiger partial charge in [0.05, 0.1) is 12.7 Å². The molecule has 0 saturated carbocycles. The lowest BCUT2D eigenvalue weighted by atomic mass is 10.0. The number of rotatable bonds is 3. The number of carbonyl (C=O) groups is 2. The number of nitrogens with one attached hydrogen (secondary N) is 1. The standard InChI is InChI=1S/C18H17BrN2O3/c1-21-16-7-4-12(9-11(16)3-8-17(21)22)20-18(23)14-10-13(24-2)5-6-15(14)19/h4-7,9-10H,3,8H2,1-2H3,(H,20,23). The summed E-state index contributed by atoms with van der Waals surface area (Å²) in [6, 6.07) is 10.8. The quantitative estimate of drug-likeness (QED) is 0.873. The Kier molecular flexibility index (Phi) is 4.57. The van der Waals surface area contributed by atoms with E-state index in [2.05, 4.69) is 21.2 Å². The first kappa shape index (κ1) is 16.5. The summed E-state index contributed by atoms with van der Waals surface area (Å²) in [5.74, 6) is 0.509. The molecule has 0 aromatic heterocycles. The van der Waals surface area contributed by atoms with Crippen molar-refractivity contribution in [1.82, 2.24) is 0 Å². The van der Waals surface area contributed by atoms with E-state index in [-0.39, 0.29) is 11.8 Å². The molecule has 1 N–H and O–H groups in total. The molecule has 2 amide bonds.